The maximum absolute atomic E-state index is 5.40. The third-order valence-electron chi connectivity index (χ3n) is 2.88. The molecule has 0 atom stereocenters. The summed E-state index contributed by atoms with van der Waals surface area (Å²) in [5.74, 6) is 6.67. The summed E-state index contributed by atoms with van der Waals surface area (Å²) in [6.07, 6.45) is 0. The Bertz CT molecular complexity index is 568. The van der Waals surface area contributed by atoms with Gasteiger partial charge in [0.2, 0.25) is 5.95 Å². The molecule has 19 heavy (non-hydrogen) atoms. The molecule has 2 aromatic rings. The number of nitrogens with zero attached hydrogens (tertiary/aromatic N) is 3. The first-order chi connectivity index (χ1) is 9.13. The molecular weight excluding hydrogens is 238 g/mol. The number of benzene rings is 1. The Labute approximate surface area is 113 Å². The molecule has 2 rings (SSSR count). The molecule has 0 fully saturated rings. The van der Waals surface area contributed by atoms with Gasteiger partial charge in [0.05, 0.1) is 0 Å². The molecule has 1 aromatic heterocycles. The smallest absolute Gasteiger partial charge is 0.239 e. The van der Waals surface area contributed by atoms with E-state index in [0.717, 1.165) is 23.7 Å². The monoisotopic (exact) mass is 257 g/mol. The van der Waals surface area contributed by atoms with Crippen LogP contribution in [0.25, 0.3) is 0 Å². The second-order valence-electron chi connectivity index (χ2n) is 4.42. The minimum absolute atomic E-state index is 0.432. The van der Waals surface area contributed by atoms with Crippen molar-refractivity contribution in [3.8, 4) is 0 Å². The van der Waals surface area contributed by atoms with Gasteiger partial charge in [-0.25, -0.2) is 10.8 Å². The molecule has 100 valence electrons. The Morgan fingerprint density at radius 2 is 2.00 bits per heavy atom. The van der Waals surface area contributed by atoms with Crippen molar-refractivity contribution in [1.82, 2.24) is 9.97 Å². The summed E-state index contributed by atoms with van der Waals surface area (Å²) in [6.45, 7) is 6.92. The van der Waals surface area contributed by atoms with Gasteiger partial charge in [-0.3, -0.25) is 5.43 Å². The van der Waals surface area contributed by atoms with E-state index in [1.807, 2.05) is 19.1 Å². The van der Waals surface area contributed by atoms with Gasteiger partial charge in [-0.1, -0.05) is 12.1 Å². The fourth-order valence-electron chi connectivity index (χ4n) is 2.03. The summed E-state index contributed by atoms with van der Waals surface area (Å²) in [5, 5.41) is 0. The lowest BCUT2D eigenvalue weighted by molar-refractivity contribution is 0.962. The zero-order valence-electron chi connectivity index (χ0n) is 11.5. The quantitative estimate of drug-likeness (QED) is 0.651. The van der Waals surface area contributed by atoms with Crippen molar-refractivity contribution in [2.75, 3.05) is 16.9 Å². The molecule has 5 heteroatoms. The minimum Gasteiger partial charge on any atom is -0.326 e. The topological polar surface area (TPSA) is 67.1 Å². The van der Waals surface area contributed by atoms with Crippen LogP contribution in [-0.2, 0) is 0 Å². The number of nitrogens with one attached hydrogen (secondary N) is 1. The van der Waals surface area contributed by atoms with E-state index < -0.39 is 0 Å². The average Bonchev–Trinajstić information content (AvgIpc) is 2.39. The standard InChI is InChI=1S/C14H19N5/c1-4-19(12-7-5-6-10(2)8-12)13-9-11(3)16-14(17-13)18-15/h5-9H,4,15H2,1-3H3,(H,16,17,18). The highest BCUT2D eigenvalue weighted by Gasteiger charge is 2.11. The maximum Gasteiger partial charge on any atom is 0.239 e. The molecular formula is C14H19N5. The van der Waals surface area contributed by atoms with Gasteiger partial charge in [0.25, 0.3) is 0 Å². The predicted molar refractivity (Wildman–Crippen MR) is 78.4 cm³/mol. The van der Waals surface area contributed by atoms with Crippen LogP contribution in [0, 0.1) is 13.8 Å². The number of aryl methyl sites for hydroxylation is 2. The highest BCUT2D eigenvalue weighted by atomic mass is 15.3. The second kappa shape index (κ2) is 5.67. The number of nitrogens with two attached hydrogens (primary N) is 1. The molecule has 0 spiro atoms. The first kappa shape index (κ1) is 13.3. The van der Waals surface area contributed by atoms with Gasteiger partial charge >= 0.3 is 0 Å². The van der Waals surface area contributed by atoms with Gasteiger partial charge < -0.3 is 4.90 Å². The van der Waals surface area contributed by atoms with Crippen LogP contribution >= 0.6 is 0 Å². The molecule has 0 aliphatic rings. The molecule has 0 saturated carbocycles. The van der Waals surface area contributed by atoms with E-state index in [2.05, 4.69) is 52.3 Å². The summed E-state index contributed by atoms with van der Waals surface area (Å²) >= 11 is 0. The van der Waals surface area contributed by atoms with Crippen molar-refractivity contribution in [3.63, 3.8) is 0 Å². The van der Waals surface area contributed by atoms with Crippen molar-refractivity contribution in [2.24, 2.45) is 5.84 Å². The first-order valence-corrected chi connectivity index (χ1v) is 6.30. The summed E-state index contributed by atoms with van der Waals surface area (Å²) in [5.41, 5.74) is 5.72. The van der Waals surface area contributed by atoms with E-state index >= 15 is 0 Å². The van der Waals surface area contributed by atoms with Gasteiger partial charge in [0.15, 0.2) is 0 Å². The van der Waals surface area contributed by atoms with Crippen LogP contribution in [-0.4, -0.2) is 16.5 Å². The largest absolute Gasteiger partial charge is 0.326 e. The second-order valence-corrected chi connectivity index (χ2v) is 4.42. The van der Waals surface area contributed by atoms with Crippen LogP contribution in [0.15, 0.2) is 30.3 Å². The predicted octanol–water partition coefficient (Wildman–Crippen LogP) is 2.54. The van der Waals surface area contributed by atoms with Gasteiger partial charge in [0, 0.05) is 24.0 Å². The Morgan fingerprint density at radius 3 is 2.63 bits per heavy atom. The lowest BCUT2D eigenvalue weighted by Crippen LogP contribution is -2.20. The van der Waals surface area contributed by atoms with E-state index in [4.69, 9.17) is 5.84 Å². The third kappa shape index (κ3) is 3.00. The van der Waals surface area contributed by atoms with Crippen molar-refractivity contribution in [2.45, 2.75) is 20.8 Å². The van der Waals surface area contributed by atoms with Crippen molar-refractivity contribution < 1.29 is 0 Å². The van der Waals surface area contributed by atoms with Crippen LogP contribution in [0.1, 0.15) is 18.2 Å². The fraction of sp³-hybridized carbons (Fsp3) is 0.286. The first-order valence-electron chi connectivity index (χ1n) is 6.30. The maximum atomic E-state index is 5.40. The minimum atomic E-state index is 0.432. The van der Waals surface area contributed by atoms with E-state index in [-0.39, 0.29) is 0 Å². The Hall–Kier alpha value is -2.14. The van der Waals surface area contributed by atoms with Crippen LogP contribution in [0.4, 0.5) is 17.5 Å². The molecule has 0 bridgehead atoms. The zero-order chi connectivity index (χ0) is 13.8. The summed E-state index contributed by atoms with van der Waals surface area (Å²) < 4.78 is 0. The summed E-state index contributed by atoms with van der Waals surface area (Å²) in [6, 6.07) is 10.3. The average molecular weight is 257 g/mol. The van der Waals surface area contributed by atoms with Crippen LogP contribution in [0.5, 0.6) is 0 Å². The molecule has 5 nitrogen and oxygen atoms in total. The van der Waals surface area contributed by atoms with E-state index in [0.29, 0.717) is 5.95 Å². The number of hydrazine groups is 1. The van der Waals surface area contributed by atoms with Gasteiger partial charge in [-0.2, -0.15) is 4.98 Å². The number of aromatic nitrogens is 2. The Balaban J connectivity index is 2.44. The van der Waals surface area contributed by atoms with Crippen LogP contribution in [0.3, 0.4) is 0 Å². The highest BCUT2D eigenvalue weighted by Crippen LogP contribution is 2.25. The van der Waals surface area contributed by atoms with Gasteiger partial charge in [-0.05, 0) is 38.5 Å². The number of nitrogen functional groups attached to an aromatic ring is 1. The van der Waals surface area contributed by atoms with Crippen LogP contribution < -0.4 is 16.2 Å². The van der Waals surface area contributed by atoms with Crippen molar-refractivity contribution in [3.05, 3.63) is 41.6 Å². The Morgan fingerprint density at radius 1 is 1.21 bits per heavy atom. The van der Waals surface area contributed by atoms with E-state index in [1.54, 1.807) is 0 Å². The number of anilines is 3. The zero-order valence-corrected chi connectivity index (χ0v) is 11.5. The molecule has 0 aliphatic heterocycles. The molecule has 1 aromatic carbocycles. The van der Waals surface area contributed by atoms with Crippen molar-refractivity contribution in [1.29, 1.82) is 0 Å². The molecule has 1 heterocycles. The molecule has 0 saturated heterocycles. The van der Waals surface area contributed by atoms with E-state index in [1.165, 1.54) is 5.56 Å². The number of hydrogen-bond donors (Lipinski definition) is 2. The molecule has 0 aliphatic carbocycles. The van der Waals surface area contributed by atoms with Gasteiger partial charge in [-0.15, -0.1) is 0 Å². The highest BCUT2D eigenvalue weighted by molar-refractivity contribution is 5.61. The summed E-state index contributed by atoms with van der Waals surface area (Å²) in [7, 11) is 0. The molecule has 3 N–H and O–H groups in total. The normalized spacial score (nSPS) is 10.3. The molecule has 0 unspecified atom stereocenters. The summed E-state index contributed by atoms with van der Waals surface area (Å²) in [4.78, 5) is 10.7. The Kier molecular flexibility index (Phi) is 3.97. The van der Waals surface area contributed by atoms with Crippen LogP contribution in [0.2, 0.25) is 0 Å². The molecule has 0 amide bonds. The molecule has 0 radical (unpaired) electrons. The number of rotatable bonds is 4. The van der Waals surface area contributed by atoms with Crippen molar-refractivity contribution >= 4 is 17.5 Å². The number of hydrogen-bond acceptors (Lipinski definition) is 5. The SMILES string of the molecule is CCN(c1cccc(C)c1)c1cc(C)nc(NN)n1. The lowest BCUT2D eigenvalue weighted by atomic mass is 10.2. The third-order valence-corrected chi connectivity index (χ3v) is 2.88. The fourth-order valence-corrected chi connectivity index (χ4v) is 2.03. The van der Waals surface area contributed by atoms with E-state index in [9.17, 15) is 0 Å². The lowest BCUT2D eigenvalue weighted by Gasteiger charge is -2.23. The van der Waals surface area contributed by atoms with Gasteiger partial charge in [0.1, 0.15) is 5.82 Å².